The molecule has 0 aliphatic heterocycles. The van der Waals surface area contributed by atoms with Gasteiger partial charge in [-0.05, 0) is 66.5 Å². The second kappa shape index (κ2) is 7.57. The van der Waals surface area contributed by atoms with Crippen LogP contribution in [0.2, 0.25) is 0 Å². The Kier molecular flexibility index (Phi) is 5.72. The topological polar surface area (TPSA) is 55.4 Å². The van der Waals surface area contributed by atoms with Crippen LogP contribution in [0.15, 0.2) is 40.9 Å². The number of aryl methyl sites for hydroxylation is 2. The van der Waals surface area contributed by atoms with Crippen molar-refractivity contribution in [1.82, 2.24) is 0 Å². The van der Waals surface area contributed by atoms with Crippen molar-refractivity contribution in [3.63, 3.8) is 0 Å². The first kappa shape index (κ1) is 18.1. The van der Waals surface area contributed by atoms with Crippen molar-refractivity contribution < 1.29 is 18.7 Å². The highest BCUT2D eigenvalue weighted by Crippen LogP contribution is 2.20. The first-order valence-electron chi connectivity index (χ1n) is 7.32. The maximum Gasteiger partial charge on any atom is 0.340 e. The molecule has 24 heavy (non-hydrogen) atoms. The Balaban J connectivity index is 2.05. The molecule has 0 unspecified atom stereocenters. The predicted molar refractivity (Wildman–Crippen MR) is 93.5 cm³/mol. The lowest BCUT2D eigenvalue weighted by molar-refractivity contribution is -0.123. The molecular formula is C18H17BrFNO3. The zero-order chi connectivity index (χ0) is 17.9. The molecule has 0 saturated heterocycles. The third kappa shape index (κ3) is 4.41. The van der Waals surface area contributed by atoms with E-state index in [1.54, 1.807) is 6.07 Å². The Morgan fingerprint density at radius 3 is 2.54 bits per heavy atom. The van der Waals surface area contributed by atoms with E-state index in [0.717, 1.165) is 17.2 Å². The van der Waals surface area contributed by atoms with Gasteiger partial charge in [-0.25, -0.2) is 9.18 Å². The summed E-state index contributed by atoms with van der Waals surface area (Å²) in [5.41, 5.74) is 2.68. The normalized spacial score (nSPS) is 11.7. The van der Waals surface area contributed by atoms with Gasteiger partial charge in [0.2, 0.25) is 0 Å². The summed E-state index contributed by atoms with van der Waals surface area (Å²) < 4.78 is 18.8. The molecule has 0 fully saturated rings. The van der Waals surface area contributed by atoms with Gasteiger partial charge in [0.25, 0.3) is 5.91 Å². The molecule has 0 spiro atoms. The van der Waals surface area contributed by atoms with Gasteiger partial charge in [-0.2, -0.15) is 0 Å². The lowest BCUT2D eigenvalue weighted by Gasteiger charge is -2.15. The fourth-order valence-electron chi connectivity index (χ4n) is 2.12. The van der Waals surface area contributed by atoms with Crippen LogP contribution < -0.4 is 5.32 Å². The number of rotatable bonds is 4. The number of amides is 1. The molecule has 126 valence electrons. The van der Waals surface area contributed by atoms with Crippen LogP contribution in [0.1, 0.15) is 28.4 Å². The SMILES string of the molecule is Cc1ccc(NC(=O)[C@@H](C)OC(=O)c2cc(F)ccc2Br)c(C)c1. The summed E-state index contributed by atoms with van der Waals surface area (Å²) in [5, 5.41) is 2.72. The van der Waals surface area contributed by atoms with Crippen LogP contribution in [0, 0.1) is 19.7 Å². The molecule has 0 bridgehead atoms. The molecule has 6 heteroatoms. The molecule has 2 aromatic carbocycles. The Labute approximate surface area is 148 Å². The van der Waals surface area contributed by atoms with Crippen molar-refractivity contribution in [2.75, 3.05) is 5.32 Å². The minimum Gasteiger partial charge on any atom is -0.449 e. The first-order valence-corrected chi connectivity index (χ1v) is 8.11. The molecule has 0 aliphatic rings. The van der Waals surface area contributed by atoms with Crippen molar-refractivity contribution >= 4 is 33.5 Å². The number of hydrogen-bond acceptors (Lipinski definition) is 3. The van der Waals surface area contributed by atoms with Crippen LogP contribution in [0.3, 0.4) is 0 Å². The van der Waals surface area contributed by atoms with Crippen LogP contribution in [0.4, 0.5) is 10.1 Å². The van der Waals surface area contributed by atoms with E-state index in [4.69, 9.17) is 4.74 Å². The van der Waals surface area contributed by atoms with Crippen molar-refractivity contribution in [2.45, 2.75) is 26.9 Å². The van der Waals surface area contributed by atoms with Gasteiger partial charge in [-0.1, -0.05) is 17.7 Å². The predicted octanol–water partition coefficient (Wildman–Crippen LogP) is 4.39. The summed E-state index contributed by atoms with van der Waals surface area (Å²) in [7, 11) is 0. The van der Waals surface area contributed by atoms with E-state index >= 15 is 0 Å². The van der Waals surface area contributed by atoms with Gasteiger partial charge >= 0.3 is 5.97 Å². The van der Waals surface area contributed by atoms with Gasteiger partial charge in [0.15, 0.2) is 6.10 Å². The number of ether oxygens (including phenoxy) is 1. The fraction of sp³-hybridized carbons (Fsp3) is 0.222. The number of benzene rings is 2. The van der Waals surface area contributed by atoms with E-state index < -0.39 is 23.8 Å². The largest absolute Gasteiger partial charge is 0.449 e. The Morgan fingerprint density at radius 2 is 1.88 bits per heavy atom. The van der Waals surface area contributed by atoms with E-state index in [-0.39, 0.29) is 5.56 Å². The molecule has 0 aliphatic carbocycles. The van der Waals surface area contributed by atoms with Crippen LogP contribution in [0.25, 0.3) is 0 Å². The third-order valence-corrected chi connectivity index (χ3v) is 4.13. The number of nitrogens with one attached hydrogen (secondary N) is 1. The summed E-state index contributed by atoms with van der Waals surface area (Å²) >= 11 is 3.16. The summed E-state index contributed by atoms with van der Waals surface area (Å²) in [5.74, 6) is -1.79. The average molecular weight is 394 g/mol. The van der Waals surface area contributed by atoms with E-state index in [1.165, 1.54) is 19.1 Å². The van der Waals surface area contributed by atoms with Crippen molar-refractivity contribution in [3.8, 4) is 0 Å². The van der Waals surface area contributed by atoms with Gasteiger partial charge in [0.1, 0.15) is 5.82 Å². The van der Waals surface area contributed by atoms with E-state index in [0.29, 0.717) is 10.2 Å². The number of anilines is 1. The summed E-state index contributed by atoms with van der Waals surface area (Å²) in [6.45, 7) is 5.30. The molecule has 2 rings (SSSR count). The molecule has 4 nitrogen and oxygen atoms in total. The number of halogens is 2. The van der Waals surface area contributed by atoms with E-state index in [2.05, 4.69) is 21.2 Å². The minimum atomic E-state index is -1.02. The van der Waals surface area contributed by atoms with Gasteiger partial charge < -0.3 is 10.1 Å². The number of carbonyl (C=O) groups excluding carboxylic acids is 2. The summed E-state index contributed by atoms with van der Waals surface area (Å²) in [4.78, 5) is 24.3. The molecular weight excluding hydrogens is 377 g/mol. The Hall–Kier alpha value is -2.21. The molecule has 0 aromatic heterocycles. The molecule has 0 saturated carbocycles. The highest BCUT2D eigenvalue weighted by atomic mass is 79.9. The second-order valence-electron chi connectivity index (χ2n) is 5.48. The molecule has 0 heterocycles. The second-order valence-corrected chi connectivity index (χ2v) is 6.33. The van der Waals surface area contributed by atoms with E-state index in [1.807, 2.05) is 26.0 Å². The lowest BCUT2D eigenvalue weighted by atomic mass is 10.1. The standard InChI is InChI=1S/C18H17BrFNO3/c1-10-4-7-16(11(2)8-10)21-17(22)12(3)24-18(23)14-9-13(20)5-6-15(14)19/h4-9,12H,1-3H3,(H,21,22)/t12-/m1/s1. The Morgan fingerprint density at radius 1 is 1.17 bits per heavy atom. The molecule has 1 N–H and O–H groups in total. The Bertz CT molecular complexity index is 792. The number of carbonyl (C=O) groups is 2. The van der Waals surface area contributed by atoms with Gasteiger partial charge in [0.05, 0.1) is 5.56 Å². The van der Waals surface area contributed by atoms with Crippen LogP contribution >= 0.6 is 15.9 Å². The average Bonchev–Trinajstić information content (AvgIpc) is 2.52. The first-order chi connectivity index (χ1) is 11.3. The van der Waals surface area contributed by atoms with Gasteiger partial charge in [-0.15, -0.1) is 0 Å². The van der Waals surface area contributed by atoms with Crippen molar-refractivity contribution in [1.29, 1.82) is 0 Å². The highest BCUT2D eigenvalue weighted by Gasteiger charge is 2.21. The minimum absolute atomic E-state index is 0.0289. The highest BCUT2D eigenvalue weighted by molar-refractivity contribution is 9.10. The van der Waals surface area contributed by atoms with Crippen LogP contribution in [-0.4, -0.2) is 18.0 Å². The number of esters is 1. The zero-order valence-corrected chi connectivity index (χ0v) is 15.1. The summed E-state index contributed by atoms with van der Waals surface area (Å²) in [6.07, 6.45) is -1.02. The van der Waals surface area contributed by atoms with E-state index in [9.17, 15) is 14.0 Å². The molecule has 2 aromatic rings. The van der Waals surface area contributed by atoms with Crippen molar-refractivity contribution in [2.24, 2.45) is 0 Å². The smallest absolute Gasteiger partial charge is 0.340 e. The molecule has 1 amide bonds. The lowest BCUT2D eigenvalue weighted by Crippen LogP contribution is -2.30. The molecule has 1 atom stereocenters. The fourth-order valence-corrected chi connectivity index (χ4v) is 2.53. The molecule has 0 radical (unpaired) electrons. The number of hydrogen-bond donors (Lipinski definition) is 1. The van der Waals surface area contributed by atoms with Crippen LogP contribution in [0.5, 0.6) is 0 Å². The van der Waals surface area contributed by atoms with Gasteiger partial charge in [-0.3, -0.25) is 4.79 Å². The van der Waals surface area contributed by atoms with Gasteiger partial charge in [0, 0.05) is 10.2 Å². The van der Waals surface area contributed by atoms with Crippen LogP contribution in [-0.2, 0) is 9.53 Å². The maximum atomic E-state index is 13.3. The zero-order valence-electron chi connectivity index (χ0n) is 13.5. The maximum absolute atomic E-state index is 13.3. The quantitative estimate of drug-likeness (QED) is 0.783. The third-order valence-electron chi connectivity index (χ3n) is 3.44. The monoisotopic (exact) mass is 393 g/mol. The van der Waals surface area contributed by atoms with Crippen molar-refractivity contribution in [3.05, 3.63) is 63.4 Å². The summed E-state index contributed by atoms with van der Waals surface area (Å²) in [6, 6.07) is 9.30.